The van der Waals surface area contributed by atoms with E-state index in [0.717, 1.165) is 5.56 Å². The zero-order chi connectivity index (χ0) is 12.1. The monoisotopic (exact) mass is 258 g/mol. The first kappa shape index (κ1) is 13.8. The van der Waals surface area contributed by atoms with Crippen molar-refractivity contribution in [2.45, 2.75) is 0 Å². The van der Waals surface area contributed by atoms with Gasteiger partial charge in [-0.25, -0.2) is 0 Å². The third-order valence-corrected chi connectivity index (χ3v) is 2.20. The van der Waals surface area contributed by atoms with Gasteiger partial charge in [-0.05, 0) is 24.3 Å². The first-order valence-electron chi connectivity index (χ1n) is 5.08. The molecule has 0 saturated heterocycles. The molecule has 0 aliphatic heterocycles. The number of halogens is 1. The van der Waals surface area contributed by atoms with Crippen LogP contribution in [0.5, 0.6) is 0 Å². The number of pyridine rings is 1. The zero-order valence-corrected chi connectivity index (χ0v) is 10.3. The van der Waals surface area contributed by atoms with Gasteiger partial charge in [0.25, 0.3) is 0 Å². The van der Waals surface area contributed by atoms with Gasteiger partial charge in [0.1, 0.15) is 0 Å². The van der Waals surface area contributed by atoms with Crippen LogP contribution in [-0.2, 0) is 0 Å². The van der Waals surface area contributed by atoms with Gasteiger partial charge < -0.3 is 5.73 Å². The maximum Gasteiger partial charge on any atom is 0.249 e. The van der Waals surface area contributed by atoms with E-state index in [0.29, 0.717) is 11.1 Å². The number of nitrogens with two attached hydrogens (primary N) is 1. The van der Waals surface area contributed by atoms with Crippen molar-refractivity contribution >= 4 is 18.3 Å². The van der Waals surface area contributed by atoms with Crippen molar-refractivity contribution in [3.63, 3.8) is 0 Å². The second-order valence-electron chi connectivity index (χ2n) is 3.40. The van der Waals surface area contributed by atoms with E-state index >= 15 is 0 Å². The Morgan fingerprint density at radius 2 is 1.89 bits per heavy atom. The van der Waals surface area contributed by atoms with Crippen LogP contribution < -0.4 is 5.73 Å². The fourth-order valence-corrected chi connectivity index (χ4v) is 1.38. The number of carbonyl (C=O) groups is 1. The van der Waals surface area contributed by atoms with Crippen LogP contribution in [0.3, 0.4) is 0 Å². The number of carbonyl (C=O) groups excluding carboxylic acids is 1. The molecule has 3 nitrogen and oxygen atoms in total. The second kappa shape index (κ2) is 6.43. The molecule has 1 amide bonds. The van der Waals surface area contributed by atoms with E-state index in [1.807, 2.05) is 18.2 Å². The zero-order valence-electron chi connectivity index (χ0n) is 9.46. The van der Waals surface area contributed by atoms with Gasteiger partial charge in [0.15, 0.2) is 0 Å². The highest BCUT2D eigenvalue weighted by Crippen LogP contribution is 2.06. The standard InChI is InChI=1S/C14H10N2O.ClH/c15-14(17)13-6-2-1-5-12(13)8-7-11-4-3-9-16-10-11;/h1-6,9-10H,(H2,15,17);1H. The highest BCUT2D eigenvalue weighted by molar-refractivity contribution is 5.95. The average Bonchev–Trinajstić information content (AvgIpc) is 2.38. The summed E-state index contributed by atoms with van der Waals surface area (Å²) in [5, 5.41) is 0. The van der Waals surface area contributed by atoms with Crippen LogP contribution >= 0.6 is 12.4 Å². The van der Waals surface area contributed by atoms with Crippen LogP contribution in [0.25, 0.3) is 0 Å². The summed E-state index contributed by atoms with van der Waals surface area (Å²) in [6.07, 6.45) is 3.35. The van der Waals surface area contributed by atoms with Gasteiger partial charge in [0.05, 0.1) is 5.56 Å². The molecule has 0 radical (unpaired) electrons. The molecule has 0 aliphatic rings. The molecule has 4 heteroatoms. The Labute approximate surface area is 111 Å². The van der Waals surface area contributed by atoms with Crippen molar-refractivity contribution in [1.29, 1.82) is 0 Å². The van der Waals surface area contributed by atoms with Gasteiger partial charge in [-0.1, -0.05) is 24.0 Å². The predicted molar refractivity (Wildman–Crippen MR) is 72.4 cm³/mol. The number of aromatic nitrogens is 1. The summed E-state index contributed by atoms with van der Waals surface area (Å²) < 4.78 is 0. The molecule has 0 spiro atoms. The van der Waals surface area contributed by atoms with E-state index < -0.39 is 5.91 Å². The first-order chi connectivity index (χ1) is 8.27. The first-order valence-corrected chi connectivity index (χ1v) is 5.08. The van der Waals surface area contributed by atoms with Crippen molar-refractivity contribution in [2.75, 3.05) is 0 Å². The fraction of sp³-hybridized carbons (Fsp3) is 0. The Morgan fingerprint density at radius 1 is 1.11 bits per heavy atom. The van der Waals surface area contributed by atoms with Crippen LogP contribution in [0.4, 0.5) is 0 Å². The van der Waals surface area contributed by atoms with E-state index in [2.05, 4.69) is 16.8 Å². The molecule has 0 unspecified atom stereocenters. The van der Waals surface area contributed by atoms with Gasteiger partial charge >= 0.3 is 0 Å². The number of amides is 1. The number of primary amides is 1. The highest BCUT2D eigenvalue weighted by Gasteiger charge is 2.03. The number of benzene rings is 1. The van der Waals surface area contributed by atoms with Crippen LogP contribution in [0.1, 0.15) is 21.5 Å². The smallest absolute Gasteiger partial charge is 0.249 e. The summed E-state index contributed by atoms with van der Waals surface area (Å²) in [5.74, 6) is 5.38. The largest absolute Gasteiger partial charge is 0.366 e. The Hall–Kier alpha value is -2.31. The van der Waals surface area contributed by atoms with Crippen molar-refractivity contribution in [1.82, 2.24) is 4.98 Å². The molecular weight excluding hydrogens is 248 g/mol. The minimum Gasteiger partial charge on any atom is -0.366 e. The van der Waals surface area contributed by atoms with Crippen molar-refractivity contribution < 1.29 is 4.79 Å². The molecule has 0 fully saturated rings. The lowest BCUT2D eigenvalue weighted by atomic mass is 10.1. The molecule has 0 bridgehead atoms. The number of rotatable bonds is 1. The average molecular weight is 259 g/mol. The molecule has 1 heterocycles. The Morgan fingerprint density at radius 3 is 2.56 bits per heavy atom. The highest BCUT2D eigenvalue weighted by atomic mass is 35.5. The summed E-state index contributed by atoms with van der Waals surface area (Å²) in [6.45, 7) is 0. The molecule has 2 aromatic rings. The lowest BCUT2D eigenvalue weighted by molar-refractivity contribution is 0.1000. The summed E-state index contributed by atoms with van der Waals surface area (Å²) in [6, 6.07) is 10.7. The van der Waals surface area contributed by atoms with E-state index in [-0.39, 0.29) is 12.4 Å². The second-order valence-corrected chi connectivity index (χ2v) is 3.40. The molecule has 1 aromatic carbocycles. The number of hydrogen-bond acceptors (Lipinski definition) is 2. The molecule has 0 aliphatic carbocycles. The topological polar surface area (TPSA) is 56.0 Å². The molecule has 0 saturated carbocycles. The van der Waals surface area contributed by atoms with E-state index in [4.69, 9.17) is 5.73 Å². The van der Waals surface area contributed by atoms with Gasteiger partial charge in [-0.15, -0.1) is 12.4 Å². The minimum absolute atomic E-state index is 0. The normalized spacial score (nSPS) is 8.67. The molecule has 0 atom stereocenters. The third kappa shape index (κ3) is 3.34. The molecule has 2 N–H and O–H groups in total. The Bertz CT molecular complexity index is 600. The van der Waals surface area contributed by atoms with Crippen LogP contribution in [0.15, 0.2) is 48.8 Å². The number of hydrogen-bond donors (Lipinski definition) is 1. The van der Waals surface area contributed by atoms with Crippen molar-refractivity contribution in [3.8, 4) is 11.8 Å². The summed E-state index contributed by atoms with van der Waals surface area (Å²) in [4.78, 5) is 15.1. The summed E-state index contributed by atoms with van der Waals surface area (Å²) >= 11 is 0. The number of nitrogens with zero attached hydrogens (tertiary/aromatic N) is 1. The molecule has 2 rings (SSSR count). The summed E-state index contributed by atoms with van der Waals surface area (Å²) in [5.41, 5.74) is 7.13. The SMILES string of the molecule is Cl.NC(=O)c1ccccc1C#Cc1cccnc1. The summed E-state index contributed by atoms with van der Waals surface area (Å²) in [7, 11) is 0. The molecule has 1 aromatic heterocycles. The third-order valence-electron chi connectivity index (χ3n) is 2.20. The minimum atomic E-state index is -0.471. The predicted octanol–water partition coefficient (Wildman–Crippen LogP) is 2.00. The van der Waals surface area contributed by atoms with Gasteiger partial charge in [0.2, 0.25) is 5.91 Å². The van der Waals surface area contributed by atoms with Gasteiger partial charge in [-0.3, -0.25) is 9.78 Å². The Kier molecular flexibility index (Phi) is 4.91. The van der Waals surface area contributed by atoms with Gasteiger partial charge in [0, 0.05) is 23.5 Å². The van der Waals surface area contributed by atoms with Crippen LogP contribution in [-0.4, -0.2) is 10.9 Å². The van der Waals surface area contributed by atoms with Crippen molar-refractivity contribution in [2.24, 2.45) is 5.73 Å². The molecule has 90 valence electrons. The Balaban J connectivity index is 0.00000162. The van der Waals surface area contributed by atoms with E-state index in [1.165, 1.54) is 0 Å². The quantitative estimate of drug-likeness (QED) is 0.796. The molecular formula is C14H11ClN2O. The molecule has 18 heavy (non-hydrogen) atoms. The van der Waals surface area contributed by atoms with Crippen LogP contribution in [0, 0.1) is 11.8 Å². The van der Waals surface area contributed by atoms with Crippen LogP contribution in [0.2, 0.25) is 0 Å². The van der Waals surface area contributed by atoms with E-state index in [1.54, 1.807) is 30.6 Å². The lowest BCUT2D eigenvalue weighted by Crippen LogP contribution is -2.12. The lowest BCUT2D eigenvalue weighted by Gasteiger charge is -1.97. The maximum atomic E-state index is 11.2. The van der Waals surface area contributed by atoms with E-state index in [9.17, 15) is 4.79 Å². The fourth-order valence-electron chi connectivity index (χ4n) is 1.38. The van der Waals surface area contributed by atoms with Gasteiger partial charge in [-0.2, -0.15) is 0 Å². The van der Waals surface area contributed by atoms with Crippen molar-refractivity contribution in [3.05, 3.63) is 65.5 Å². The maximum absolute atomic E-state index is 11.2.